The lowest BCUT2D eigenvalue weighted by Crippen LogP contribution is -2.37. The summed E-state index contributed by atoms with van der Waals surface area (Å²) in [7, 11) is 1.95. The van der Waals surface area contributed by atoms with Crippen molar-refractivity contribution in [1.29, 1.82) is 0 Å². The van der Waals surface area contributed by atoms with Gasteiger partial charge >= 0.3 is 0 Å². The maximum Gasteiger partial charge on any atom is 0.228 e. The van der Waals surface area contributed by atoms with Crippen molar-refractivity contribution in [3.63, 3.8) is 0 Å². The van der Waals surface area contributed by atoms with Gasteiger partial charge in [-0.25, -0.2) is 4.98 Å². The van der Waals surface area contributed by atoms with E-state index in [9.17, 15) is 0 Å². The van der Waals surface area contributed by atoms with Crippen LogP contribution in [0.5, 0.6) is 0 Å². The standard InChI is InChI=1S/C23H22N8O/c1-30-21-11-15(2-3-16(21)14-25-30)20-12-22(28-23(27-20)31-6-8-32-9-7-31)26-18-4-5-19-17(10-18)13-24-29-19/h2-5,10-14H,6-9H2,1H3,(H,24,29)(H,26,27,28). The zero-order valence-electron chi connectivity index (χ0n) is 17.6. The van der Waals surface area contributed by atoms with E-state index < -0.39 is 0 Å². The highest BCUT2D eigenvalue weighted by Gasteiger charge is 2.17. The lowest BCUT2D eigenvalue weighted by atomic mass is 10.1. The number of morpholine rings is 1. The SMILES string of the molecule is Cn1ncc2ccc(-c3cc(Nc4ccc5[nH]ncc5c4)nc(N4CCOCC4)n3)cc21. The Bertz CT molecular complexity index is 1420. The summed E-state index contributed by atoms with van der Waals surface area (Å²) in [6.07, 6.45) is 3.69. The molecule has 2 aromatic carbocycles. The third kappa shape index (κ3) is 3.42. The van der Waals surface area contributed by atoms with Crippen molar-refractivity contribution in [2.75, 3.05) is 36.5 Å². The number of ether oxygens (including phenoxy) is 1. The molecule has 1 fully saturated rings. The van der Waals surface area contributed by atoms with Crippen LogP contribution in [-0.4, -0.2) is 56.2 Å². The average Bonchev–Trinajstić information content (AvgIpc) is 3.45. The second-order valence-corrected chi connectivity index (χ2v) is 7.88. The minimum atomic E-state index is 0.675. The van der Waals surface area contributed by atoms with Crippen LogP contribution in [0, 0.1) is 0 Å². The Labute approximate surface area is 184 Å². The van der Waals surface area contributed by atoms with E-state index >= 15 is 0 Å². The van der Waals surface area contributed by atoms with Crippen molar-refractivity contribution >= 4 is 39.3 Å². The van der Waals surface area contributed by atoms with Crippen LogP contribution < -0.4 is 10.2 Å². The third-order valence-corrected chi connectivity index (χ3v) is 5.77. The summed E-state index contributed by atoms with van der Waals surface area (Å²) in [5.41, 5.74) is 4.88. The molecule has 0 bridgehead atoms. The Morgan fingerprint density at radius 3 is 2.78 bits per heavy atom. The Balaban J connectivity index is 1.43. The first kappa shape index (κ1) is 18.8. The van der Waals surface area contributed by atoms with Crippen molar-refractivity contribution in [2.24, 2.45) is 7.05 Å². The van der Waals surface area contributed by atoms with Gasteiger partial charge in [-0.05, 0) is 24.3 Å². The van der Waals surface area contributed by atoms with E-state index in [2.05, 4.69) is 49.8 Å². The van der Waals surface area contributed by atoms with Gasteiger partial charge in [0.25, 0.3) is 0 Å². The van der Waals surface area contributed by atoms with E-state index in [1.165, 1.54) is 0 Å². The molecule has 0 spiro atoms. The molecule has 32 heavy (non-hydrogen) atoms. The van der Waals surface area contributed by atoms with Crippen LogP contribution in [0.4, 0.5) is 17.5 Å². The van der Waals surface area contributed by atoms with Gasteiger partial charge in [0.05, 0.1) is 42.3 Å². The quantitative estimate of drug-likeness (QED) is 0.454. The van der Waals surface area contributed by atoms with E-state index in [1.54, 1.807) is 0 Å². The first-order valence-corrected chi connectivity index (χ1v) is 10.6. The number of aromatic amines is 1. The smallest absolute Gasteiger partial charge is 0.228 e. The van der Waals surface area contributed by atoms with Crippen molar-refractivity contribution in [2.45, 2.75) is 0 Å². The molecule has 1 aliphatic rings. The van der Waals surface area contributed by atoms with Crippen LogP contribution in [0.2, 0.25) is 0 Å². The van der Waals surface area contributed by atoms with Gasteiger partial charge in [-0.15, -0.1) is 0 Å². The molecule has 9 nitrogen and oxygen atoms in total. The number of rotatable bonds is 4. The summed E-state index contributed by atoms with van der Waals surface area (Å²) in [5, 5.41) is 17.0. The maximum atomic E-state index is 5.52. The highest BCUT2D eigenvalue weighted by atomic mass is 16.5. The Morgan fingerprint density at radius 2 is 1.88 bits per heavy atom. The predicted molar refractivity (Wildman–Crippen MR) is 124 cm³/mol. The van der Waals surface area contributed by atoms with E-state index in [-0.39, 0.29) is 0 Å². The molecule has 4 heterocycles. The van der Waals surface area contributed by atoms with E-state index in [0.717, 1.165) is 57.7 Å². The summed E-state index contributed by atoms with van der Waals surface area (Å²) in [5.74, 6) is 1.44. The van der Waals surface area contributed by atoms with Crippen molar-refractivity contribution < 1.29 is 4.74 Å². The monoisotopic (exact) mass is 426 g/mol. The Hall–Kier alpha value is -3.98. The molecule has 0 amide bonds. The number of nitrogens with one attached hydrogen (secondary N) is 2. The molecule has 1 saturated heterocycles. The number of nitrogens with zero attached hydrogens (tertiary/aromatic N) is 6. The number of hydrogen-bond acceptors (Lipinski definition) is 7. The number of aryl methyl sites for hydroxylation is 1. The number of anilines is 3. The van der Waals surface area contributed by atoms with Crippen LogP contribution in [0.3, 0.4) is 0 Å². The number of benzene rings is 2. The summed E-state index contributed by atoms with van der Waals surface area (Å²) >= 11 is 0. The molecule has 3 aromatic heterocycles. The number of hydrogen-bond donors (Lipinski definition) is 2. The van der Waals surface area contributed by atoms with Gasteiger partial charge in [-0.2, -0.15) is 15.2 Å². The second-order valence-electron chi connectivity index (χ2n) is 7.88. The number of H-pyrrole nitrogens is 1. The van der Waals surface area contributed by atoms with E-state index in [1.807, 2.05) is 42.3 Å². The summed E-state index contributed by atoms with van der Waals surface area (Å²) in [6, 6.07) is 14.3. The molecule has 2 N–H and O–H groups in total. The zero-order chi connectivity index (χ0) is 21.5. The summed E-state index contributed by atoms with van der Waals surface area (Å²) < 4.78 is 7.39. The van der Waals surface area contributed by atoms with Crippen LogP contribution in [0.15, 0.2) is 54.9 Å². The number of aromatic nitrogens is 6. The summed E-state index contributed by atoms with van der Waals surface area (Å²) in [4.78, 5) is 11.9. The molecule has 0 aliphatic carbocycles. The Kier molecular flexibility index (Phi) is 4.46. The highest BCUT2D eigenvalue weighted by molar-refractivity contribution is 5.85. The topological polar surface area (TPSA) is 96.8 Å². The molecular formula is C23H22N8O. The fraction of sp³-hybridized carbons (Fsp3) is 0.217. The van der Waals surface area contributed by atoms with E-state index in [4.69, 9.17) is 14.7 Å². The minimum absolute atomic E-state index is 0.675. The van der Waals surface area contributed by atoms with Gasteiger partial charge in [-0.3, -0.25) is 9.78 Å². The highest BCUT2D eigenvalue weighted by Crippen LogP contribution is 2.28. The number of fused-ring (bicyclic) bond motifs is 2. The predicted octanol–water partition coefficient (Wildman–Crippen LogP) is 3.49. The first-order valence-electron chi connectivity index (χ1n) is 10.6. The Morgan fingerprint density at radius 1 is 0.969 bits per heavy atom. The molecule has 0 radical (unpaired) electrons. The van der Waals surface area contributed by atoms with Crippen LogP contribution in [0.1, 0.15) is 0 Å². The fourth-order valence-electron chi connectivity index (χ4n) is 4.02. The van der Waals surface area contributed by atoms with Gasteiger partial charge < -0.3 is 15.0 Å². The molecule has 0 atom stereocenters. The van der Waals surface area contributed by atoms with Crippen molar-refractivity contribution in [1.82, 2.24) is 29.9 Å². The second kappa shape index (κ2) is 7.61. The molecule has 1 aliphatic heterocycles. The fourth-order valence-corrected chi connectivity index (χ4v) is 4.02. The van der Waals surface area contributed by atoms with Crippen LogP contribution >= 0.6 is 0 Å². The molecule has 0 saturated carbocycles. The molecular weight excluding hydrogens is 404 g/mol. The van der Waals surface area contributed by atoms with Gasteiger partial charge in [-0.1, -0.05) is 12.1 Å². The molecule has 5 aromatic rings. The van der Waals surface area contributed by atoms with Crippen LogP contribution in [-0.2, 0) is 11.8 Å². The maximum absolute atomic E-state index is 5.52. The van der Waals surface area contributed by atoms with Crippen LogP contribution in [0.25, 0.3) is 33.1 Å². The normalized spacial score (nSPS) is 14.3. The lowest BCUT2D eigenvalue weighted by Gasteiger charge is -2.27. The van der Waals surface area contributed by atoms with E-state index in [0.29, 0.717) is 19.2 Å². The van der Waals surface area contributed by atoms with Gasteiger partial charge in [0.2, 0.25) is 5.95 Å². The zero-order valence-corrected chi connectivity index (χ0v) is 17.6. The van der Waals surface area contributed by atoms with Gasteiger partial charge in [0, 0.05) is 48.2 Å². The van der Waals surface area contributed by atoms with Crippen molar-refractivity contribution in [3.8, 4) is 11.3 Å². The minimum Gasteiger partial charge on any atom is -0.378 e. The molecule has 6 rings (SSSR count). The summed E-state index contributed by atoms with van der Waals surface area (Å²) in [6.45, 7) is 2.89. The van der Waals surface area contributed by atoms with Gasteiger partial charge in [0.1, 0.15) is 5.82 Å². The lowest BCUT2D eigenvalue weighted by molar-refractivity contribution is 0.122. The van der Waals surface area contributed by atoms with Crippen molar-refractivity contribution in [3.05, 3.63) is 54.9 Å². The third-order valence-electron chi connectivity index (χ3n) is 5.77. The molecule has 160 valence electrons. The average molecular weight is 426 g/mol. The first-order chi connectivity index (χ1) is 15.7. The largest absolute Gasteiger partial charge is 0.378 e. The molecule has 9 heteroatoms. The molecule has 0 unspecified atom stereocenters. The van der Waals surface area contributed by atoms with Gasteiger partial charge in [0.15, 0.2) is 0 Å².